The van der Waals surface area contributed by atoms with Crippen molar-refractivity contribution in [3.05, 3.63) is 16.5 Å². The van der Waals surface area contributed by atoms with E-state index in [-0.39, 0.29) is 6.04 Å². The maximum Gasteiger partial charge on any atom is 0.252 e. The van der Waals surface area contributed by atoms with Crippen LogP contribution in [-0.4, -0.2) is 25.8 Å². The number of nitrogens with two attached hydrogens (primary N) is 1. The number of rotatable bonds is 4. The first-order chi connectivity index (χ1) is 9.67. The lowest BCUT2D eigenvalue weighted by molar-refractivity contribution is 0.174. The van der Waals surface area contributed by atoms with Crippen LogP contribution in [0.3, 0.4) is 0 Å². The molecule has 1 aliphatic rings. The minimum Gasteiger partial charge on any atom is -0.326 e. The second-order valence-electron chi connectivity index (χ2n) is 6.79. The molecular formula is C15H26N2O2S2. The molecule has 0 unspecified atom stereocenters. The fourth-order valence-electron chi connectivity index (χ4n) is 2.90. The largest absolute Gasteiger partial charge is 0.326 e. The van der Waals surface area contributed by atoms with Crippen molar-refractivity contribution in [3.8, 4) is 0 Å². The Morgan fingerprint density at radius 3 is 2.43 bits per heavy atom. The zero-order valence-corrected chi connectivity index (χ0v) is 15.0. The first-order valence-electron chi connectivity index (χ1n) is 7.45. The molecule has 0 aromatic carbocycles. The van der Waals surface area contributed by atoms with Crippen LogP contribution in [0.5, 0.6) is 0 Å². The quantitative estimate of drug-likeness (QED) is 0.922. The molecule has 0 bridgehead atoms. The van der Waals surface area contributed by atoms with Gasteiger partial charge in [-0.05, 0) is 49.7 Å². The van der Waals surface area contributed by atoms with Gasteiger partial charge in [-0.15, -0.1) is 11.3 Å². The maximum absolute atomic E-state index is 12.8. The predicted octanol–water partition coefficient (Wildman–Crippen LogP) is 3.10. The molecule has 1 fully saturated rings. The third kappa shape index (κ3) is 3.50. The summed E-state index contributed by atoms with van der Waals surface area (Å²) >= 11 is 1.30. The van der Waals surface area contributed by atoms with Crippen molar-refractivity contribution in [2.75, 3.05) is 7.05 Å². The smallest absolute Gasteiger partial charge is 0.252 e. The highest BCUT2D eigenvalue weighted by atomic mass is 32.2. The average Bonchev–Trinajstić information content (AvgIpc) is 2.80. The Bertz CT molecular complexity index is 595. The molecule has 0 aliphatic heterocycles. The molecule has 0 atom stereocenters. The van der Waals surface area contributed by atoms with Gasteiger partial charge >= 0.3 is 0 Å². The number of nitrogens with zero attached hydrogens (tertiary/aromatic N) is 1. The summed E-state index contributed by atoms with van der Waals surface area (Å²) < 4.78 is 27.5. The molecule has 0 spiro atoms. The van der Waals surface area contributed by atoms with E-state index in [1.807, 2.05) is 6.92 Å². The second-order valence-corrected chi connectivity index (χ2v) is 10.2. The van der Waals surface area contributed by atoms with Gasteiger partial charge in [-0.3, -0.25) is 0 Å². The summed E-state index contributed by atoms with van der Waals surface area (Å²) in [6.45, 7) is 6.83. The van der Waals surface area contributed by atoms with Gasteiger partial charge in [-0.25, -0.2) is 8.42 Å². The third-order valence-electron chi connectivity index (χ3n) is 4.64. The lowest BCUT2D eigenvalue weighted by atomic mass is 9.76. The summed E-state index contributed by atoms with van der Waals surface area (Å²) in [6.07, 6.45) is 4.04. The normalized spacial score (nSPS) is 20.1. The lowest BCUT2D eigenvalue weighted by Gasteiger charge is -2.37. The van der Waals surface area contributed by atoms with Crippen molar-refractivity contribution in [1.82, 2.24) is 4.31 Å². The first kappa shape index (κ1) is 16.9. The predicted molar refractivity (Wildman–Crippen MR) is 87.9 cm³/mol. The number of aryl methyl sites for hydroxylation is 1. The molecule has 1 heterocycles. The van der Waals surface area contributed by atoms with Gasteiger partial charge in [0.15, 0.2) is 0 Å². The molecular weight excluding hydrogens is 304 g/mol. The van der Waals surface area contributed by atoms with Crippen LogP contribution < -0.4 is 5.73 Å². The summed E-state index contributed by atoms with van der Waals surface area (Å²) in [4.78, 5) is 0.951. The van der Waals surface area contributed by atoms with Crippen LogP contribution in [0.25, 0.3) is 0 Å². The summed E-state index contributed by atoms with van der Waals surface area (Å²) in [5.74, 6) is 0. The highest BCUT2D eigenvalue weighted by Crippen LogP contribution is 2.38. The molecule has 1 aromatic rings. The molecule has 2 rings (SSSR count). The second kappa shape index (κ2) is 5.99. The van der Waals surface area contributed by atoms with Crippen molar-refractivity contribution in [2.24, 2.45) is 11.1 Å². The number of hydrogen-bond acceptors (Lipinski definition) is 4. The van der Waals surface area contributed by atoms with Crippen molar-refractivity contribution in [2.45, 2.75) is 63.3 Å². The molecule has 120 valence electrons. The Morgan fingerprint density at radius 2 is 1.95 bits per heavy atom. The Morgan fingerprint density at radius 1 is 1.38 bits per heavy atom. The highest BCUT2D eigenvalue weighted by molar-refractivity contribution is 7.91. The number of sulfonamides is 1. The fourth-order valence-corrected chi connectivity index (χ4v) is 5.97. The van der Waals surface area contributed by atoms with Gasteiger partial charge in [0.2, 0.25) is 0 Å². The van der Waals surface area contributed by atoms with Crippen molar-refractivity contribution in [1.29, 1.82) is 0 Å². The van der Waals surface area contributed by atoms with E-state index in [2.05, 4.69) is 13.8 Å². The van der Waals surface area contributed by atoms with Crippen LogP contribution in [0.4, 0.5) is 0 Å². The van der Waals surface area contributed by atoms with Gasteiger partial charge in [-0.1, -0.05) is 13.8 Å². The zero-order chi connectivity index (χ0) is 15.8. The molecule has 4 nitrogen and oxygen atoms in total. The van der Waals surface area contributed by atoms with Crippen molar-refractivity contribution < 1.29 is 8.42 Å². The first-order valence-corrected chi connectivity index (χ1v) is 9.70. The molecule has 1 aromatic heterocycles. The monoisotopic (exact) mass is 330 g/mol. The van der Waals surface area contributed by atoms with E-state index in [1.165, 1.54) is 11.3 Å². The zero-order valence-electron chi connectivity index (χ0n) is 13.3. The molecule has 0 radical (unpaired) electrons. The van der Waals surface area contributed by atoms with Crippen LogP contribution in [0.15, 0.2) is 10.3 Å². The van der Waals surface area contributed by atoms with Gasteiger partial charge in [0.1, 0.15) is 4.21 Å². The van der Waals surface area contributed by atoms with E-state index in [4.69, 9.17) is 5.73 Å². The van der Waals surface area contributed by atoms with Crippen molar-refractivity contribution >= 4 is 21.4 Å². The Hall–Kier alpha value is -0.430. The van der Waals surface area contributed by atoms with E-state index in [0.717, 1.165) is 36.1 Å². The molecule has 1 aliphatic carbocycles. The topological polar surface area (TPSA) is 63.4 Å². The molecule has 21 heavy (non-hydrogen) atoms. The average molecular weight is 331 g/mol. The molecule has 0 saturated heterocycles. The summed E-state index contributed by atoms with van der Waals surface area (Å²) in [5, 5.41) is 0. The standard InChI is InChI=1S/C15H26N2O2S2/c1-11-9-14(20-13(11)10-16)21(18,19)17(4)12-5-7-15(2,3)8-6-12/h9,12H,5-8,10,16H2,1-4H3. The fraction of sp³-hybridized carbons (Fsp3) is 0.733. The van der Waals surface area contributed by atoms with E-state index in [1.54, 1.807) is 17.4 Å². The van der Waals surface area contributed by atoms with Crippen LogP contribution >= 0.6 is 11.3 Å². The maximum atomic E-state index is 12.8. The highest BCUT2D eigenvalue weighted by Gasteiger charge is 2.34. The van der Waals surface area contributed by atoms with Gasteiger partial charge in [0.05, 0.1) is 0 Å². The van der Waals surface area contributed by atoms with E-state index in [0.29, 0.717) is 16.2 Å². The van der Waals surface area contributed by atoms with E-state index < -0.39 is 10.0 Å². The number of thiophene rings is 1. The van der Waals surface area contributed by atoms with Gasteiger partial charge in [0, 0.05) is 24.5 Å². The van der Waals surface area contributed by atoms with Crippen LogP contribution in [0.1, 0.15) is 50.0 Å². The van der Waals surface area contributed by atoms with E-state index >= 15 is 0 Å². The Kier molecular flexibility index (Phi) is 4.83. The summed E-state index contributed by atoms with van der Waals surface area (Å²) in [6, 6.07) is 1.87. The number of hydrogen-bond donors (Lipinski definition) is 1. The molecule has 0 amide bonds. The lowest BCUT2D eigenvalue weighted by Crippen LogP contribution is -2.40. The third-order valence-corrected chi connectivity index (χ3v) is 8.26. The molecule has 1 saturated carbocycles. The van der Waals surface area contributed by atoms with Crippen LogP contribution in [-0.2, 0) is 16.6 Å². The van der Waals surface area contributed by atoms with Crippen LogP contribution in [0.2, 0.25) is 0 Å². The van der Waals surface area contributed by atoms with Crippen molar-refractivity contribution in [3.63, 3.8) is 0 Å². The van der Waals surface area contributed by atoms with Gasteiger partial charge in [0.25, 0.3) is 10.0 Å². The Balaban J connectivity index is 2.19. The Labute approximate surface area is 132 Å². The van der Waals surface area contributed by atoms with Crippen LogP contribution in [0, 0.1) is 12.3 Å². The minimum atomic E-state index is -3.39. The SMILES string of the molecule is Cc1cc(S(=O)(=O)N(C)C2CCC(C)(C)CC2)sc1CN. The van der Waals surface area contributed by atoms with Gasteiger partial charge < -0.3 is 5.73 Å². The summed E-state index contributed by atoms with van der Waals surface area (Å²) in [5.41, 5.74) is 6.97. The van der Waals surface area contributed by atoms with E-state index in [9.17, 15) is 8.42 Å². The summed E-state index contributed by atoms with van der Waals surface area (Å²) in [7, 11) is -1.67. The minimum absolute atomic E-state index is 0.117. The van der Waals surface area contributed by atoms with Gasteiger partial charge in [-0.2, -0.15) is 4.31 Å². The molecule has 6 heteroatoms. The molecule has 2 N–H and O–H groups in total.